The Morgan fingerprint density at radius 2 is 2.12 bits per heavy atom. The first-order valence-electron chi connectivity index (χ1n) is 4.14. The van der Waals surface area contributed by atoms with Gasteiger partial charge in [-0.15, -0.1) is 0 Å². The normalized spacial score (nSPS) is 10.3. The van der Waals surface area contributed by atoms with Crippen molar-refractivity contribution in [1.29, 1.82) is 0 Å². The van der Waals surface area contributed by atoms with E-state index < -0.39 is 11.8 Å². The van der Waals surface area contributed by atoms with Crippen molar-refractivity contribution in [2.24, 2.45) is 0 Å². The second-order valence-corrected chi connectivity index (χ2v) is 3.28. The maximum absolute atomic E-state index is 11.5. The lowest BCUT2D eigenvalue weighted by molar-refractivity contribution is 0.191. The summed E-state index contributed by atoms with van der Waals surface area (Å²) in [6.45, 7) is 0. The van der Waals surface area contributed by atoms with Crippen LogP contribution in [0, 0.1) is 0 Å². The molecule has 1 aromatic carbocycles. The summed E-state index contributed by atoms with van der Waals surface area (Å²) in [5, 5.41) is 15.6. The molecule has 0 saturated heterocycles. The molecule has 7 nitrogen and oxygen atoms in total. The molecule has 0 aliphatic heterocycles. The second kappa shape index (κ2) is 3.78. The first-order chi connectivity index (χ1) is 7.59. The fourth-order valence-corrected chi connectivity index (χ4v) is 1.32. The zero-order valence-electron chi connectivity index (χ0n) is 7.74. The summed E-state index contributed by atoms with van der Waals surface area (Å²) >= 11 is 5.73. The van der Waals surface area contributed by atoms with Crippen LogP contribution in [0.1, 0.15) is 0 Å². The molecule has 1 N–H and O–H groups in total. The molecule has 16 heavy (non-hydrogen) atoms. The molecule has 0 fully saturated rings. The fourth-order valence-electron chi connectivity index (χ4n) is 1.14. The van der Waals surface area contributed by atoms with Crippen molar-refractivity contribution in [1.82, 2.24) is 19.8 Å². The monoisotopic (exact) mass is 240 g/mol. The first kappa shape index (κ1) is 10.4. The zero-order valence-corrected chi connectivity index (χ0v) is 8.50. The summed E-state index contributed by atoms with van der Waals surface area (Å²) in [5.41, 5.74) is -0.514. The molecule has 8 heteroatoms. The maximum atomic E-state index is 11.5. The first-order valence-corrected chi connectivity index (χ1v) is 4.51. The van der Waals surface area contributed by atoms with Gasteiger partial charge in [-0.05, 0) is 28.6 Å². The molecule has 0 bridgehead atoms. The van der Waals surface area contributed by atoms with E-state index >= 15 is 0 Å². The average molecular weight is 241 g/mol. The quantitative estimate of drug-likeness (QED) is 0.738. The number of tetrazole rings is 1. The van der Waals surface area contributed by atoms with E-state index in [0.29, 0.717) is 10.7 Å². The highest BCUT2D eigenvalue weighted by molar-refractivity contribution is 6.30. The van der Waals surface area contributed by atoms with E-state index in [1.165, 1.54) is 6.07 Å². The summed E-state index contributed by atoms with van der Waals surface area (Å²) in [6.07, 6.45) is -1.49. The van der Waals surface area contributed by atoms with Gasteiger partial charge in [0, 0.05) is 5.02 Å². The fraction of sp³-hybridized carbons (Fsp3) is 0. The Morgan fingerprint density at radius 3 is 2.69 bits per heavy atom. The Hall–Kier alpha value is -2.15. The molecule has 0 spiro atoms. The molecular weight excluding hydrogens is 236 g/mol. The van der Waals surface area contributed by atoms with Crippen LogP contribution >= 0.6 is 11.6 Å². The van der Waals surface area contributed by atoms with E-state index in [-0.39, 0.29) is 4.68 Å². The Morgan fingerprint density at radius 1 is 1.38 bits per heavy atom. The van der Waals surface area contributed by atoms with Crippen LogP contribution in [-0.4, -0.2) is 31.0 Å². The molecule has 0 unspecified atom stereocenters. The van der Waals surface area contributed by atoms with Gasteiger partial charge in [-0.1, -0.05) is 22.3 Å². The van der Waals surface area contributed by atoms with Crippen LogP contribution < -0.4 is 5.69 Å². The molecule has 0 aliphatic rings. The molecule has 82 valence electrons. The minimum absolute atomic E-state index is 0.237. The molecule has 0 aliphatic carbocycles. The highest BCUT2D eigenvalue weighted by atomic mass is 35.5. The number of benzene rings is 1. The minimum atomic E-state index is -1.49. The van der Waals surface area contributed by atoms with Crippen LogP contribution in [0.5, 0.6) is 0 Å². The predicted molar refractivity (Wildman–Crippen MR) is 54.1 cm³/mol. The average Bonchev–Trinajstić information content (AvgIpc) is 2.60. The van der Waals surface area contributed by atoms with Crippen molar-refractivity contribution in [2.75, 3.05) is 0 Å². The van der Waals surface area contributed by atoms with Crippen molar-refractivity contribution in [2.45, 2.75) is 0 Å². The zero-order chi connectivity index (χ0) is 11.7. The van der Waals surface area contributed by atoms with Crippen LogP contribution in [0.2, 0.25) is 5.02 Å². The molecule has 0 atom stereocenters. The Bertz CT molecular complexity index is 603. The van der Waals surface area contributed by atoms with Crippen LogP contribution in [0.25, 0.3) is 5.69 Å². The SMILES string of the molecule is O=C(O)n1nnn(-c2cccc(Cl)c2)c1=O. The molecule has 0 amide bonds. The van der Waals surface area contributed by atoms with Gasteiger partial charge in [0.15, 0.2) is 0 Å². The van der Waals surface area contributed by atoms with E-state index in [9.17, 15) is 9.59 Å². The maximum Gasteiger partial charge on any atom is 0.438 e. The predicted octanol–water partition coefficient (Wildman–Crippen LogP) is 0.609. The van der Waals surface area contributed by atoms with Gasteiger partial charge < -0.3 is 5.11 Å². The Kier molecular flexibility index (Phi) is 2.45. The van der Waals surface area contributed by atoms with Crippen LogP contribution in [0.3, 0.4) is 0 Å². The number of hydrogen-bond donors (Lipinski definition) is 1. The highest BCUT2D eigenvalue weighted by Crippen LogP contribution is 2.11. The topological polar surface area (TPSA) is 90.0 Å². The third-order valence-electron chi connectivity index (χ3n) is 1.82. The summed E-state index contributed by atoms with van der Waals surface area (Å²) in [5.74, 6) is 0. The number of halogens is 1. The number of hydrogen-bond acceptors (Lipinski definition) is 4. The van der Waals surface area contributed by atoms with Crippen LogP contribution in [-0.2, 0) is 0 Å². The number of aromatic nitrogens is 4. The third kappa shape index (κ3) is 1.68. The van der Waals surface area contributed by atoms with Crippen LogP contribution in [0.4, 0.5) is 4.79 Å². The smallest absolute Gasteiger partial charge is 0.438 e. The van der Waals surface area contributed by atoms with Gasteiger partial charge in [0.2, 0.25) is 0 Å². The molecule has 2 aromatic rings. The van der Waals surface area contributed by atoms with Crippen molar-refractivity contribution >= 4 is 17.7 Å². The second-order valence-electron chi connectivity index (χ2n) is 2.85. The Balaban J connectivity index is 2.58. The lowest BCUT2D eigenvalue weighted by atomic mass is 10.3. The number of nitrogens with zero attached hydrogens (tertiary/aromatic N) is 4. The van der Waals surface area contributed by atoms with Gasteiger partial charge in [-0.3, -0.25) is 0 Å². The van der Waals surface area contributed by atoms with Gasteiger partial charge in [-0.25, -0.2) is 9.59 Å². The summed E-state index contributed by atoms with van der Waals surface area (Å²) in [7, 11) is 0. The van der Waals surface area contributed by atoms with Crippen molar-refractivity contribution in [3.8, 4) is 5.69 Å². The standard InChI is InChI=1S/C8H5ClN4O3/c9-5-2-1-3-6(4-5)12-7(14)13(8(15)16)11-10-12/h1-4H,(H,15,16). The van der Waals surface area contributed by atoms with Gasteiger partial charge in [0.1, 0.15) is 0 Å². The summed E-state index contributed by atoms with van der Waals surface area (Å²) in [4.78, 5) is 22.1. The molecule has 2 rings (SSSR count). The van der Waals surface area contributed by atoms with Gasteiger partial charge >= 0.3 is 11.8 Å². The molecule has 0 radical (unpaired) electrons. The molecule has 1 aromatic heterocycles. The molecule has 0 saturated carbocycles. The lowest BCUT2D eigenvalue weighted by Crippen LogP contribution is -2.28. The van der Waals surface area contributed by atoms with E-state index in [1.54, 1.807) is 18.2 Å². The highest BCUT2D eigenvalue weighted by Gasteiger charge is 2.13. The van der Waals surface area contributed by atoms with Gasteiger partial charge in [0.05, 0.1) is 5.69 Å². The largest absolute Gasteiger partial charge is 0.463 e. The third-order valence-corrected chi connectivity index (χ3v) is 2.05. The summed E-state index contributed by atoms with van der Waals surface area (Å²) in [6, 6.07) is 6.28. The minimum Gasteiger partial charge on any atom is -0.463 e. The van der Waals surface area contributed by atoms with E-state index in [2.05, 4.69) is 10.4 Å². The summed E-state index contributed by atoms with van der Waals surface area (Å²) < 4.78 is 1.08. The van der Waals surface area contributed by atoms with Crippen molar-refractivity contribution in [3.05, 3.63) is 39.8 Å². The number of rotatable bonds is 1. The van der Waals surface area contributed by atoms with E-state index in [0.717, 1.165) is 4.68 Å². The van der Waals surface area contributed by atoms with Gasteiger partial charge in [0.25, 0.3) is 0 Å². The van der Waals surface area contributed by atoms with E-state index in [1.807, 2.05) is 0 Å². The molecule has 1 heterocycles. The van der Waals surface area contributed by atoms with E-state index in [4.69, 9.17) is 16.7 Å². The van der Waals surface area contributed by atoms with Crippen molar-refractivity contribution in [3.63, 3.8) is 0 Å². The molecular formula is C8H5ClN4O3. The lowest BCUT2D eigenvalue weighted by Gasteiger charge is -1.97. The van der Waals surface area contributed by atoms with Gasteiger partial charge in [-0.2, -0.15) is 4.68 Å². The van der Waals surface area contributed by atoms with Crippen LogP contribution in [0.15, 0.2) is 29.1 Å². The number of carbonyl (C=O) groups is 1. The Labute approximate surface area is 93.5 Å². The van der Waals surface area contributed by atoms with Crippen molar-refractivity contribution < 1.29 is 9.90 Å². The number of carboxylic acid groups (broad SMARTS) is 1.